The molecule has 0 fully saturated rings. The molecule has 2 aromatic carbocycles. The van der Waals surface area contributed by atoms with E-state index in [0.717, 1.165) is 11.1 Å². The number of esters is 1. The van der Waals surface area contributed by atoms with E-state index in [0.29, 0.717) is 16.4 Å². The molecule has 5 heteroatoms. The number of ether oxygens (including phenoxy) is 2. The highest BCUT2D eigenvalue weighted by molar-refractivity contribution is 7.89. The van der Waals surface area contributed by atoms with Crippen LogP contribution in [0.1, 0.15) is 11.1 Å². The number of aryl methyl sites for hydroxylation is 1. The number of hydrogen-bond donors (Lipinski definition) is 0. The van der Waals surface area contributed by atoms with Crippen molar-refractivity contribution in [3.05, 3.63) is 76.7 Å². The third-order valence-corrected chi connectivity index (χ3v) is 4.72. The molecule has 126 valence electrons. The highest BCUT2D eigenvalue weighted by Gasteiger charge is 2.13. The van der Waals surface area contributed by atoms with Gasteiger partial charge in [0.2, 0.25) is 0 Å². The Kier molecular flexibility index (Phi) is 6.90. The summed E-state index contributed by atoms with van der Waals surface area (Å²) in [5.41, 5.74) is 2.09. The first kappa shape index (κ1) is 18.1. The molecule has 0 aromatic heterocycles. The summed E-state index contributed by atoms with van der Waals surface area (Å²) < 4.78 is 23.0. The molecule has 2 rings (SSSR count). The minimum Gasteiger partial charge on any atom is -0.466 e. The van der Waals surface area contributed by atoms with Gasteiger partial charge in [0.1, 0.15) is 0 Å². The number of benzene rings is 2. The molecule has 4 nitrogen and oxygen atoms in total. The first-order valence-corrected chi connectivity index (χ1v) is 8.64. The van der Waals surface area contributed by atoms with Crippen LogP contribution >= 0.6 is 0 Å². The van der Waals surface area contributed by atoms with Gasteiger partial charge in [-0.3, -0.25) is 0 Å². The van der Waals surface area contributed by atoms with Crippen molar-refractivity contribution in [2.75, 3.05) is 13.7 Å². The first-order valence-electron chi connectivity index (χ1n) is 7.49. The van der Waals surface area contributed by atoms with Crippen molar-refractivity contribution in [3.8, 4) is 0 Å². The molecule has 0 bridgehead atoms. The molecule has 0 aliphatic rings. The van der Waals surface area contributed by atoms with E-state index in [4.69, 9.17) is 4.74 Å². The van der Waals surface area contributed by atoms with Crippen LogP contribution < -0.4 is 0 Å². The molecule has 0 aliphatic carbocycles. The van der Waals surface area contributed by atoms with Crippen LogP contribution in [0.25, 0.3) is 0 Å². The van der Waals surface area contributed by atoms with Gasteiger partial charge in [-0.15, -0.1) is 0 Å². The molecule has 0 amide bonds. The quantitative estimate of drug-likeness (QED) is 0.571. The number of methoxy groups -OCH3 is 1. The molecular formula is C19H20O4S. The van der Waals surface area contributed by atoms with Gasteiger partial charge in [0, 0.05) is 11.0 Å². The van der Waals surface area contributed by atoms with E-state index >= 15 is 0 Å². The van der Waals surface area contributed by atoms with E-state index < -0.39 is 16.8 Å². The third-order valence-electron chi connectivity index (χ3n) is 3.31. The Balaban J connectivity index is 2.09. The van der Waals surface area contributed by atoms with Gasteiger partial charge >= 0.3 is 5.97 Å². The summed E-state index contributed by atoms with van der Waals surface area (Å²) in [7, 11) is -0.186. The lowest BCUT2D eigenvalue weighted by atomic mass is 10.2. The fraction of sp³-hybridized carbons (Fsp3) is 0.211. The van der Waals surface area contributed by atoms with E-state index in [-0.39, 0.29) is 6.61 Å². The molecule has 0 heterocycles. The summed E-state index contributed by atoms with van der Waals surface area (Å²) in [4.78, 5) is 12.6. The Morgan fingerprint density at radius 3 is 2.38 bits per heavy atom. The van der Waals surface area contributed by atoms with Gasteiger partial charge in [0.05, 0.1) is 36.0 Å². The molecule has 0 aliphatic heterocycles. The summed E-state index contributed by atoms with van der Waals surface area (Å²) in [5, 5.41) is 0. The first-order chi connectivity index (χ1) is 11.6. The van der Waals surface area contributed by atoms with Gasteiger partial charge in [0.25, 0.3) is 0 Å². The van der Waals surface area contributed by atoms with E-state index in [9.17, 15) is 9.00 Å². The van der Waals surface area contributed by atoms with E-state index in [1.165, 1.54) is 13.2 Å². The molecule has 0 saturated carbocycles. The maximum Gasteiger partial charge on any atom is 0.331 e. The zero-order chi connectivity index (χ0) is 17.4. The smallest absolute Gasteiger partial charge is 0.331 e. The lowest BCUT2D eigenvalue weighted by Gasteiger charge is -2.09. The average Bonchev–Trinajstić information content (AvgIpc) is 2.61. The van der Waals surface area contributed by atoms with Gasteiger partial charge in [-0.25, -0.2) is 9.00 Å². The van der Waals surface area contributed by atoms with Crippen LogP contribution in [-0.4, -0.2) is 23.9 Å². The normalized spacial score (nSPS) is 12.7. The second kappa shape index (κ2) is 9.15. The van der Waals surface area contributed by atoms with Crippen LogP contribution in [0.15, 0.2) is 70.5 Å². The Labute approximate surface area is 144 Å². The van der Waals surface area contributed by atoms with Crippen molar-refractivity contribution in [1.82, 2.24) is 0 Å². The number of rotatable bonds is 7. The zero-order valence-corrected chi connectivity index (χ0v) is 14.5. The minimum atomic E-state index is -1.47. The number of carbonyl (C=O) groups excluding carboxylic acids is 1. The second-order valence-corrected chi connectivity index (χ2v) is 6.73. The van der Waals surface area contributed by atoms with Gasteiger partial charge in [0.15, 0.2) is 0 Å². The molecule has 0 spiro atoms. The molecule has 0 radical (unpaired) electrons. The molecule has 1 unspecified atom stereocenters. The Bertz CT molecular complexity index is 721. The van der Waals surface area contributed by atoms with Crippen LogP contribution in [0, 0.1) is 6.92 Å². The van der Waals surface area contributed by atoms with Gasteiger partial charge in [-0.2, -0.15) is 0 Å². The number of carbonyl (C=O) groups is 1. The standard InChI is InChI=1S/C19H20O4S/c1-15-8-10-17(11-9-15)24(21)18(12-19(20)22-2)14-23-13-16-6-4-3-5-7-16/h3-12H,13-14H2,1-2H3/b18-12+. The summed E-state index contributed by atoms with van der Waals surface area (Å²) in [5.74, 6) is -0.547. The highest BCUT2D eigenvalue weighted by Crippen LogP contribution is 2.16. The van der Waals surface area contributed by atoms with E-state index in [1.807, 2.05) is 49.4 Å². The Hall–Kier alpha value is -2.24. The monoisotopic (exact) mass is 344 g/mol. The fourth-order valence-corrected chi connectivity index (χ4v) is 3.08. The summed E-state index contributed by atoms with van der Waals surface area (Å²) in [6, 6.07) is 17.0. The van der Waals surface area contributed by atoms with E-state index in [1.54, 1.807) is 12.1 Å². The summed E-state index contributed by atoms with van der Waals surface area (Å²) >= 11 is 0. The largest absolute Gasteiger partial charge is 0.466 e. The minimum absolute atomic E-state index is 0.0878. The second-order valence-electron chi connectivity index (χ2n) is 5.19. The predicted octanol–water partition coefficient (Wildman–Crippen LogP) is 3.38. The van der Waals surface area contributed by atoms with Crippen molar-refractivity contribution < 1.29 is 18.5 Å². The SMILES string of the molecule is COC(=O)/C=C(\COCc1ccccc1)S(=O)c1ccc(C)cc1. The molecular weight excluding hydrogens is 324 g/mol. The van der Waals surface area contributed by atoms with Crippen LogP contribution in [0.4, 0.5) is 0 Å². The Morgan fingerprint density at radius 1 is 1.08 bits per heavy atom. The maximum atomic E-state index is 12.7. The topological polar surface area (TPSA) is 52.6 Å². The molecule has 1 atom stereocenters. The zero-order valence-electron chi connectivity index (χ0n) is 13.7. The maximum absolute atomic E-state index is 12.7. The third kappa shape index (κ3) is 5.44. The van der Waals surface area contributed by atoms with Gasteiger partial charge < -0.3 is 9.47 Å². The van der Waals surface area contributed by atoms with Crippen LogP contribution in [0.2, 0.25) is 0 Å². The van der Waals surface area contributed by atoms with Crippen molar-refractivity contribution in [2.45, 2.75) is 18.4 Å². The van der Waals surface area contributed by atoms with Crippen LogP contribution in [0.3, 0.4) is 0 Å². The van der Waals surface area contributed by atoms with E-state index in [2.05, 4.69) is 4.74 Å². The predicted molar refractivity (Wildman–Crippen MR) is 93.8 cm³/mol. The molecule has 24 heavy (non-hydrogen) atoms. The summed E-state index contributed by atoms with van der Waals surface area (Å²) in [6.45, 7) is 2.43. The van der Waals surface area contributed by atoms with Crippen molar-refractivity contribution in [3.63, 3.8) is 0 Å². The van der Waals surface area contributed by atoms with Crippen molar-refractivity contribution in [2.24, 2.45) is 0 Å². The van der Waals surface area contributed by atoms with Crippen LogP contribution in [-0.2, 0) is 31.7 Å². The molecule has 0 saturated heterocycles. The van der Waals surface area contributed by atoms with Gasteiger partial charge in [-0.1, -0.05) is 48.0 Å². The Morgan fingerprint density at radius 2 is 1.75 bits per heavy atom. The molecule has 2 aromatic rings. The highest BCUT2D eigenvalue weighted by atomic mass is 32.2. The fourth-order valence-electron chi connectivity index (χ4n) is 2.00. The number of hydrogen-bond acceptors (Lipinski definition) is 4. The van der Waals surface area contributed by atoms with Crippen molar-refractivity contribution in [1.29, 1.82) is 0 Å². The average molecular weight is 344 g/mol. The summed E-state index contributed by atoms with van der Waals surface area (Å²) in [6.07, 6.45) is 1.24. The molecule has 0 N–H and O–H groups in total. The lowest BCUT2D eigenvalue weighted by Crippen LogP contribution is -2.08. The lowest BCUT2D eigenvalue weighted by molar-refractivity contribution is -0.134. The van der Waals surface area contributed by atoms with Crippen molar-refractivity contribution >= 4 is 16.8 Å². The van der Waals surface area contributed by atoms with Crippen LogP contribution in [0.5, 0.6) is 0 Å². The van der Waals surface area contributed by atoms with Gasteiger partial charge in [-0.05, 0) is 24.6 Å².